The normalized spacial score (nSPS) is 10.2. The standard InChI is InChI=1S/C15H16FNO3/c1-19-13-6-12(7-14(8-13)20-2)17-9-10-5-11(16)3-4-15(10)18/h3-8,17-18H,9H2,1-2H3. The molecule has 2 aromatic rings. The third-order valence-corrected chi connectivity index (χ3v) is 2.88. The average molecular weight is 277 g/mol. The smallest absolute Gasteiger partial charge is 0.124 e. The lowest BCUT2D eigenvalue weighted by atomic mass is 10.2. The molecule has 0 aliphatic carbocycles. The van der Waals surface area contributed by atoms with Crippen LogP contribution in [0.1, 0.15) is 5.56 Å². The molecule has 0 spiro atoms. The van der Waals surface area contributed by atoms with Crippen LogP contribution in [0.4, 0.5) is 10.1 Å². The molecular formula is C15H16FNO3. The van der Waals surface area contributed by atoms with E-state index in [1.807, 2.05) is 0 Å². The van der Waals surface area contributed by atoms with Crippen LogP contribution >= 0.6 is 0 Å². The molecule has 0 aliphatic heterocycles. The van der Waals surface area contributed by atoms with Crippen molar-refractivity contribution in [3.63, 3.8) is 0 Å². The number of hydrogen-bond donors (Lipinski definition) is 2. The highest BCUT2D eigenvalue weighted by atomic mass is 19.1. The van der Waals surface area contributed by atoms with E-state index >= 15 is 0 Å². The molecule has 2 aromatic carbocycles. The van der Waals surface area contributed by atoms with Crippen LogP contribution in [0.5, 0.6) is 17.2 Å². The SMILES string of the molecule is COc1cc(NCc2cc(F)ccc2O)cc(OC)c1. The van der Waals surface area contributed by atoms with Crippen molar-refractivity contribution in [1.82, 2.24) is 0 Å². The summed E-state index contributed by atoms with van der Waals surface area (Å²) >= 11 is 0. The van der Waals surface area contributed by atoms with E-state index in [9.17, 15) is 9.50 Å². The van der Waals surface area contributed by atoms with Crippen molar-refractivity contribution in [3.05, 3.63) is 47.8 Å². The van der Waals surface area contributed by atoms with Gasteiger partial charge >= 0.3 is 0 Å². The monoisotopic (exact) mass is 277 g/mol. The summed E-state index contributed by atoms with van der Waals surface area (Å²) in [5, 5.41) is 12.8. The molecule has 0 fully saturated rings. The minimum atomic E-state index is -0.386. The van der Waals surface area contributed by atoms with E-state index in [1.54, 1.807) is 32.4 Å². The molecule has 2 N–H and O–H groups in total. The number of phenols is 1. The maximum Gasteiger partial charge on any atom is 0.124 e. The number of halogens is 1. The summed E-state index contributed by atoms with van der Waals surface area (Å²) in [6, 6.07) is 9.17. The Morgan fingerprint density at radius 3 is 2.30 bits per heavy atom. The minimum Gasteiger partial charge on any atom is -0.508 e. The van der Waals surface area contributed by atoms with Crippen molar-refractivity contribution in [2.45, 2.75) is 6.54 Å². The molecule has 0 saturated carbocycles. The molecule has 0 unspecified atom stereocenters. The molecule has 0 aliphatic rings. The number of ether oxygens (including phenoxy) is 2. The molecule has 106 valence electrons. The van der Waals surface area contributed by atoms with Crippen molar-refractivity contribution in [3.8, 4) is 17.2 Å². The van der Waals surface area contributed by atoms with Crippen molar-refractivity contribution >= 4 is 5.69 Å². The summed E-state index contributed by atoms with van der Waals surface area (Å²) < 4.78 is 23.5. The molecule has 0 atom stereocenters. The summed E-state index contributed by atoms with van der Waals surface area (Å²) in [6.07, 6.45) is 0. The van der Waals surface area contributed by atoms with Gasteiger partial charge in [0.1, 0.15) is 23.1 Å². The first-order valence-electron chi connectivity index (χ1n) is 6.06. The van der Waals surface area contributed by atoms with E-state index in [1.165, 1.54) is 18.2 Å². The van der Waals surface area contributed by atoms with Crippen LogP contribution in [0.3, 0.4) is 0 Å². The lowest BCUT2D eigenvalue weighted by molar-refractivity contribution is 0.394. The zero-order valence-corrected chi connectivity index (χ0v) is 11.3. The van der Waals surface area contributed by atoms with Gasteiger partial charge in [-0.15, -0.1) is 0 Å². The second-order valence-electron chi connectivity index (χ2n) is 4.23. The van der Waals surface area contributed by atoms with Crippen molar-refractivity contribution in [1.29, 1.82) is 0 Å². The number of hydrogen-bond acceptors (Lipinski definition) is 4. The Kier molecular flexibility index (Phi) is 4.30. The molecule has 0 saturated heterocycles. The van der Waals surface area contributed by atoms with Crippen LogP contribution in [0.15, 0.2) is 36.4 Å². The fourth-order valence-corrected chi connectivity index (χ4v) is 1.80. The van der Waals surface area contributed by atoms with Gasteiger partial charge in [-0.05, 0) is 18.2 Å². The van der Waals surface area contributed by atoms with Gasteiger partial charge in [0.05, 0.1) is 14.2 Å². The lowest BCUT2D eigenvalue weighted by Gasteiger charge is -2.11. The van der Waals surface area contributed by atoms with Gasteiger partial charge in [-0.1, -0.05) is 0 Å². The van der Waals surface area contributed by atoms with Crippen LogP contribution in [0, 0.1) is 5.82 Å². The van der Waals surface area contributed by atoms with Gasteiger partial charge in [-0.25, -0.2) is 4.39 Å². The zero-order valence-electron chi connectivity index (χ0n) is 11.3. The first-order chi connectivity index (χ1) is 9.62. The van der Waals surface area contributed by atoms with Crippen LogP contribution in [0.2, 0.25) is 0 Å². The van der Waals surface area contributed by atoms with Gasteiger partial charge in [0.2, 0.25) is 0 Å². The number of anilines is 1. The summed E-state index contributed by atoms with van der Waals surface area (Å²) in [4.78, 5) is 0. The summed E-state index contributed by atoms with van der Waals surface area (Å²) in [5.74, 6) is 0.960. The van der Waals surface area contributed by atoms with Crippen molar-refractivity contribution < 1.29 is 19.0 Å². The first-order valence-corrected chi connectivity index (χ1v) is 6.06. The summed E-state index contributed by atoms with van der Waals surface area (Å²) in [6.45, 7) is 0.292. The second kappa shape index (κ2) is 6.14. The Morgan fingerprint density at radius 2 is 1.70 bits per heavy atom. The molecule has 20 heavy (non-hydrogen) atoms. The predicted octanol–water partition coefficient (Wildman–Crippen LogP) is 3.16. The maximum absolute atomic E-state index is 13.1. The van der Waals surface area contributed by atoms with Crippen LogP contribution in [-0.4, -0.2) is 19.3 Å². The molecule has 2 rings (SSSR count). The van der Waals surface area contributed by atoms with Crippen LogP contribution in [-0.2, 0) is 6.54 Å². The Morgan fingerprint density at radius 1 is 1.05 bits per heavy atom. The van der Waals surface area contributed by atoms with Gasteiger partial charge in [0.25, 0.3) is 0 Å². The molecule has 0 bridgehead atoms. The van der Waals surface area contributed by atoms with Gasteiger partial charge in [-0.3, -0.25) is 0 Å². The first kappa shape index (κ1) is 14.0. The van der Waals surface area contributed by atoms with Crippen molar-refractivity contribution in [2.75, 3.05) is 19.5 Å². The topological polar surface area (TPSA) is 50.7 Å². The van der Waals surface area contributed by atoms with E-state index in [0.29, 0.717) is 23.6 Å². The largest absolute Gasteiger partial charge is 0.508 e. The third kappa shape index (κ3) is 3.32. The predicted molar refractivity (Wildman–Crippen MR) is 74.9 cm³/mol. The summed E-state index contributed by atoms with van der Waals surface area (Å²) in [5.41, 5.74) is 1.23. The Hall–Kier alpha value is -2.43. The molecule has 0 radical (unpaired) electrons. The molecule has 4 nitrogen and oxygen atoms in total. The third-order valence-electron chi connectivity index (χ3n) is 2.88. The lowest BCUT2D eigenvalue weighted by Crippen LogP contribution is -2.01. The van der Waals surface area contributed by atoms with E-state index in [4.69, 9.17) is 9.47 Å². The average Bonchev–Trinajstić information content (AvgIpc) is 2.47. The molecule has 5 heteroatoms. The molecular weight excluding hydrogens is 261 g/mol. The molecule has 0 aromatic heterocycles. The quantitative estimate of drug-likeness (QED) is 0.881. The maximum atomic E-state index is 13.1. The van der Waals surface area contributed by atoms with E-state index in [-0.39, 0.29) is 11.6 Å². The number of methoxy groups -OCH3 is 2. The zero-order chi connectivity index (χ0) is 14.5. The number of phenolic OH excluding ortho intramolecular Hbond substituents is 1. The van der Waals surface area contributed by atoms with Gasteiger partial charge in [0, 0.05) is 36.0 Å². The number of nitrogens with one attached hydrogen (secondary N) is 1. The fraction of sp³-hybridized carbons (Fsp3) is 0.200. The van der Waals surface area contributed by atoms with E-state index < -0.39 is 0 Å². The Labute approximate surface area is 116 Å². The Balaban J connectivity index is 2.16. The van der Waals surface area contributed by atoms with Crippen molar-refractivity contribution in [2.24, 2.45) is 0 Å². The number of benzene rings is 2. The highest BCUT2D eigenvalue weighted by Gasteiger charge is 2.05. The fourth-order valence-electron chi connectivity index (χ4n) is 1.80. The van der Waals surface area contributed by atoms with Crippen LogP contribution < -0.4 is 14.8 Å². The minimum absolute atomic E-state index is 0.0498. The number of aromatic hydroxyl groups is 1. The molecule has 0 amide bonds. The summed E-state index contributed by atoms with van der Waals surface area (Å²) in [7, 11) is 3.13. The van der Waals surface area contributed by atoms with Gasteiger partial charge < -0.3 is 19.9 Å². The molecule has 0 heterocycles. The van der Waals surface area contributed by atoms with E-state index in [2.05, 4.69) is 5.32 Å². The second-order valence-corrected chi connectivity index (χ2v) is 4.23. The van der Waals surface area contributed by atoms with E-state index in [0.717, 1.165) is 5.69 Å². The number of rotatable bonds is 5. The highest BCUT2D eigenvalue weighted by molar-refractivity contribution is 5.54. The highest BCUT2D eigenvalue weighted by Crippen LogP contribution is 2.27. The van der Waals surface area contributed by atoms with Crippen LogP contribution in [0.25, 0.3) is 0 Å². The van der Waals surface area contributed by atoms with Gasteiger partial charge in [-0.2, -0.15) is 0 Å². The Bertz CT molecular complexity index is 579. The van der Waals surface area contributed by atoms with Gasteiger partial charge in [0.15, 0.2) is 0 Å².